The molecule has 0 atom stereocenters. The standard InChI is InChI=1S/C17H19N3O5S/c1-18-16(21)13-4-6-14(7-5-13)26(23,24)20-10-8-19(9-11-20)17(22)15-3-2-12-25-15/h2-7,12H,8-11H2,1H3,(H,18,21). The van der Waals surface area contributed by atoms with Crippen LogP contribution in [0.2, 0.25) is 0 Å². The van der Waals surface area contributed by atoms with Gasteiger partial charge >= 0.3 is 0 Å². The lowest BCUT2D eigenvalue weighted by atomic mass is 10.2. The molecule has 0 radical (unpaired) electrons. The Morgan fingerprint density at radius 2 is 1.69 bits per heavy atom. The molecule has 1 aromatic carbocycles. The second kappa shape index (κ2) is 7.30. The number of furan rings is 1. The van der Waals surface area contributed by atoms with E-state index in [-0.39, 0.29) is 48.6 Å². The molecule has 1 aliphatic rings. The molecule has 0 bridgehead atoms. The first-order chi connectivity index (χ1) is 12.4. The summed E-state index contributed by atoms with van der Waals surface area (Å²) in [4.78, 5) is 25.5. The Morgan fingerprint density at radius 1 is 1.04 bits per heavy atom. The second-order valence-corrected chi connectivity index (χ2v) is 7.72. The molecule has 3 rings (SSSR count). The van der Waals surface area contributed by atoms with Crippen molar-refractivity contribution in [3.8, 4) is 0 Å². The summed E-state index contributed by atoms with van der Waals surface area (Å²) < 4.78 is 31.9. The normalized spacial score (nSPS) is 15.7. The molecule has 2 amide bonds. The van der Waals surface area contributed by atoms with Crippen molar-refractivity contribution < 1.29 is 22.4 Å². The topological polar surface area (TPSA) is 99.9 Å². The van der Waals surface area contributed by atoms with Gasteiger partial charge in [0.1, 0.15) is 0 Å². The fourth-order valence-corrected chi connectivity index (χ4v) is 4.18. The highest BCUT2D eigenvalue weighted by atomic mass is 32.2. The van der Waals surface area contributed by atoms with Crippen LogP contribution < -0.4 is 5.32 Å². The van der Waals surface area contributed by atoms with E-state index < -0.39 is 10.0 Å². The van der Waals surface area contributed by atoms with Gasteiger partial charge in [0.25, 0.3) is 11.8 Å². The molecule has 1 saturated heterocycles. The van der Waals surface area contributed by atoms with Gasteiger partial charge in [0.15, 0.2) is 5.76 Å². The maximum absolute atomic E-state index is 12.7. The Kier molecular flexibility index (Phi) is 5.10. The van der Waals surface area contributed by atoms with E-state index in [1.165, 1.54) is 41.9 Å². The van der Waals surface area contributed by atoms with Crippen molar-refractivity contribution in [3.05, 3.63) is 54.0 Å². The number of piperazine rings is 1. The fourth-order valence-electron chi connectivity index (χ4n) is 2.76. The minimum Gasteiger partial charge on any atom is -0.459 e. The number of rotatable bonds is 4. The lowest BCUT2D eigenvalue weighted by Crippen LogP contribution is -2.50. The Bertz CT molecular complexity index is 883. The van der Waals surface area contributed by atoms with Crippen molar-refractivity contribution >= 4 is 21.8 Å². The predicted octanol–water partition coefficient (Wildman–Crippen LogP) is 0.786. The van der Waals surface area contributed by atoms with Crippen molar-refractivity contribution in [2.45, 2.75) is 4.90 Å². The van der Waals surface area contributed by atoms with Crippen molar-refractivity contribution in [3.63, 3.8) is 0 Å². The smallest absolute Gasteiger partial charge is 0.289 e. The van der Waals surface area contributed by atoms with Gasteiger partial charge in [-0.2, -0.15) is 4.31 Å². The monoisotopic (exact) mass is 377 g/mol. The zero-order chi connectivity index (χ0) is 18.7. The van der Waals surface area contributed by atoms with Crippen LogP contribution >= 0.6 is 0 Å². The van der Waals surface area contributed by atoms with Crippen molar-refractivity contribution in [1.29, 1.82) is 0 Å². The molecule has 0 saturated carbocycles. The summed E-state index contributed by atoms with van der Waals surface area (Å²) in [5, 5.41) is 2.49. The molecule has 2 aromatic rings. The highest BCUT2D eigenvalue weighted by molar-refractivity contribution is 7.89. The lowest BCUT2D eigenvalue weighted by Gasteiger charge is -2.33. The fraction of sp³-hybridized carbons (Fsp3) is 0.294. The molecule has 1 N–H and O–H groups in total. The molecule has 26 heavy (non-hydrogen) atoms. The number of sulfonamides is 1. The third-order valence-corrected chi connectivity index (χ3v) is 6.15. The van der Waals surface area contributed by atoms with Gasteiger partial charge in [-0.05, 0) is 36.4 Å². The SMILES string of the molecule is CNC(=O)c1ccc(S(=O)(=O)N2CCN(C(=O)c3ccco3)CC2)cc1. The number of nitrogens with one attached hydrogen (secondary N) is 1. The largest absolute Gasteiger partial charge is 0.459 e. The summed E-state index contributed by atoms with van der Waals surface area (Å²) in [7, 11) is -2.16. The van der Waals surface area contributed by atoms with E-state index in [0.717, 1.165) is 0 Å². The predicted molar refractivity (Wildman–Crippen MR) is 93.2 cm³/mol. The zero-order valence-electron chi connectivity index (χ0n) is 14.2. The van der Waals surface area contributed by atoms with Crippen LogP contribution in [0, 0.1) is 0 Å². The van der Waals surface area contributed by atoms with Crippen LogP contribution in [0.15, 0.2) is 52.0 Å². The quantitative estimate of drug-likeness (QED) is 0.849. The maximum Gasteiger partial charge on any atom is 0.289 e. The molecule has 1 aromatic heterocycles. The molecular formula is C17H19N3O5S. The number of hydrogen-bond donors (Lipinski definition) is 1. The third kappa shape index (κ3) is 3.49. The molecule has 1 fully saturated rings. The lowest BCUT2D eigenvalue weighted by molar-refractivity contribution is 0.0666. The zero-order valence-corrected chi connectivity index (χ0v) is 15.0. The van der Waals surface area contributed by atoms with E-state index in [9.17, 15) is 18.0 Å². The Labute approximate surface area is 151 Å². The van der Waals surface area contributed by atoms with Crippen molar-refractivity contribution in [2.75, 3.05) is 33.2 Å². The van der Waals surface area contributed by atoms with Gasteiger partial charge in [0.2, 0.25) is 10.0 Å². The molecule has 0 aliphatic carbocycles. The van der Waals surface area contributed by atoms with Crippen LogP contribution in [0.3, 0.4) is 0 Å². The van der Waals surface area contributed by atoms with Crippen LogP contribution in [-0.2, 0) is 10.0 Å². The Morgan fingerprint density at radius 3 is 2.23 bits per heavy atom. The summed E-state index contributed by atoms with van der Waals surface area (Å²) in [6.07, 6.45) is 1.43. The van der Waals surface area contributed by atoms with E-state index in [0.29, 0.717) is 5.56 Å². The Hall–Kier alpha value is -2.65. The maximum atomic E-state index is 12.7. The van der Waals surface area contributed by atoms with E-state index in [2.05, 4.69) is 5.32 Å². The minimum atomic E-state index is -3.67. The summed E-state index contributed by atoms with van der Waals surface area (Å²) in [6, 6.07) is 9.00. The van der Waals surface area contributed by atoms with E-state index in [1.54, 1.807) is 17.0 Å². The van der Waals surface area contributed by atoms with Gasteiger partial charge < -0.3 is 14.6 Å². The van der Waals surface area contributed by atoms with Crippen molar-refractivity contribution in [2.24, 2.45) is 0 Å². The number of hydrogen-bond acceptors (Lipinski definition) is 5. The molecule has 2 heterocycles. The molecule has 9 heteroatoms. The molecule has 0 spiro atoms. The average molecular weight is 377 g/mol. The number of carbonyl (C=O) groups is 2. The van der Waals surface area contributed by atoms with Gasteiger partial charge in [-0.15, -0.1) is 0 Å². The van der Waals surface area contributed by atoms with Gasteiger partial charge in [-0.3, -0.25) is 9.59 Å². The first-order valence-electron chi connectivity index (χ1n) is 8.08. The second-order valence-electron chi connectivity index (χ2n) is 5.78. The minimum absolute atomic E-state index is 0.121. The molecule has 0 unspecified atom stereocenters. The van der Waals surface area contributed by atoms with Crippen molar-refractivity contribution in [1.82, 2.24) is 14.5 Å². The highest BCUT2D eigenvalue weighted by Crippen LogP contribution is 2.19. The molecular weight excluding hydrogens is 358 g/mol. The first-order valence-corrected chi connectivity index (χ1v) is 9.52. The van der Waals surface area contributed by atoms with Crippen LogP contribution in [0.5, 0.6) is 0 Å². The van der Waals surface area contributed by atoms with Gasteiger partial charge in [0, 0.05) is 38.8 Å². The van der Waals surface area contributed by atoms with Gasteiger partial charge in [-0.1, -0.05) is 0 Å². The summed E-state index contributed by atoms with van der Waals surface area (Å²) in [6.45, 7) is 0.974. The van der Waals surface area contributed by atoms with E-state index in [1.807, 2.05) is 0 Å². The Balaban J connectivity index is 1.68. The van der Waals surface area contributed by atoms with Crippen LogP contribution in [0.25, 0.3) is 0 Å². The van der Waals surface area contributed by atoms with Gasteiger partial charge in [-0.25, -0.2) is 8.42 Å². The summed E-state index contributed by atoms with van der Waals surface area (Å²) in [5.74, 6) is -0.285. The molecule has 8 nitrogen and oxygen atoms in total. The molecule has 1 aliphatic heterocycles. The third-order valence-electron chi connectivity index (χ3n) is 4.24. The van der Waals surface area contributed by atoms with Gasteiger partial charge in [0.05, 0.1) is 11.2 Å². The molecule has 138 valence electrons. The van der Waals surface area contributed by atoms with E-state index >= 15 is 0 Å². The highest BCUT2D eigenvalue weighted by Gasteiger charge is 2.31. The van der Waals surface area contributed by atoms with E-state index in [4.69, 9.17) is 4.42 Å². The number of nitrogens with zero attached hydrogens (tertiary/aromatic N) is 2. The van der Waals surface area contributed by atoms with Crippen LogP contribution in [0.1, 0.15) is 20.9 Å². The number of amides is 2. The average Bonchev–Trinajstić information content (AvgIpc) is 3.21. The first kappa shape index (κ1) is 18.2. The van der Waals surface area contributed by atoms with Crippen LogP contribution in [0.4, 0.5) is 0 Å². The number of carbonyl (C=O) groups excluding carboxylic acids is 2. The number of benzene rings is 1. The van der Waals surface area contributed by atoms with Crippen LogP contribution in [-0.4, -0.2) is 62.7 Å². The summed E-state index contributed by atoms with van der Waals surface area (Å²) in [5.41, 5.74) is 0.389. The summed E-state index contributed by atoms with van der Waals surface area (Å²) >= 11 is 0.